The van der Waals surface area contributed by atoms with E-state index >= 15 is 0 Å². The minimum atomic E-state index is 0.737. The molecule has 0 amide bonds. The molecule has 0 bridgehead atoms. The van der Waals surface area contributed by atoms with Crippen LogP contribution in [0.3, 0.4) is 0 Å². The van der Waals surface area contributed by atoms with Crippen molar-refractivity contribution in [3.63, 3.8) is 0 Å². The van der Waals surface area contributed by atoms with Crippen molar-refractivity contribution in [2.24, 2.45) is 0 Å². The van der Waals surface area contributed by atoms with Gasteiger partial charge >= 0.3 is 0 Å². The minimum Gasteiger partial charge on any atom is -0.325 e. The van der Waals surface area contributed by atoms with Gasteiger partial charge < -0.3 is 5.32 Å². The van der Waals surface area contributed by atoms with Gasteiger partial charge in [-0.15, -0.1) is 0 Å². The molecule has 4 aromatic carbocycles. The lowest BCUT2D eigenvalue weighted by molar-refractivity contribution is 1.13. The van der Waals surface area contributed by atoms with Crippen LogP contribution in [0.5, 0.6) is 0 Å². The minimum absolute atomic E-state index is 0.737. The number of rotatable bonds is 4. The van der Waals surface area contributed by atoms with Crippen LogP contribution in [0.25, 0.3) is 39.1 Å². The number of aryl methyl sites for hydroxylation is 1. The van der Waals surface area contributed by atoms with E-state index in [0.29, 0.717) is 0 Å². The average Bonchev–Trinajstić information content (AvgIpc) is 3.28. The molecule has 1 N–H and O–H groups in total. The number of benzene rings is 4. The molecule has 2 heterocycles. The highest BCUT2D eigenvalue weighted by Crippen LogP contribution is 2.37. The van der Waals surface area contributed by atoms with Crippen molar-refractivity contribution in [2.75, 3.05) is 5.32 Å². The fraction of sp³-hybridized carbons (Fsp3) is 0.0345. The van der Waals surface area contributed by atoms with Gasteiger partial charge in [-0.2, -0.15) is 0 Å². The molecule has 4 heteroatoms. The van der Waals surface area contributed by atoms with Crippen LogP contribution in [0.1, 0.15) is 5.56 Å². The molecule has 0 saturated heterocycles. The van der Waals surface area contributed by atoms with Gasteiger partial charge in [0, 0.05) is 22.2 Å². The van der Waals surface area contributed by atoms with Gasteiger partial charge in [0.2, 0.25) is 5.95 Å². The van der Waals surface area contributed by atoms with Gasteiger partial charge in [0.1, 0.15) is 5.65 Å². The monoisotopic (exact) mass is 426 g/mol. The van der Waals surface area contributed by atoms with Gasteiger partial charge in [0.25, 0.3) is 0 Å². The summed E-state index contributed by atoms with van der Waals surface area (Å²) in [6.45, 7) is 2.09. The third kappa shape index (κ3) is 3.42. The highest BCUT2D eigenvalue weighted by molar-refractivity contribution is 5.97. The van der Waals surface area contributed by atoms with E-state index in [2.05, 4.69) is 95.5 Å². The van der Waals surface area contributed by atoms with Crippen molar-refractivity contribution >= 4 is 28.2 Å². The second-order valence-corrected chi connectivity index (χ2v) is 8.14. The molecule has 0 radical (unpaired) electrons. The topological polar surface area (TPSA) is 42.2 Å². The highest BCUT2D eigenvalue weighted by Gasteiger charge is 2.21. The number of para-hydroxylation sites is 1. The first kappa shape index (κ1) is 19.3. The maximum Gasteiger partial charge on any atom is 0.214 e. The molecule has 6 rings (SSSR count). The second-order valence-electron chi connectivity index (χ2n) is 8.14. The van der Waals surface area contributed by atoms with E-state index in [1.165, 1.54) is 5.56 Å². The zero-order valence-corrected chi connectivity index (χ0v) is 18.2. The van der Waals surface area contributed by atoms with Crippen LogP contribution < -0.4 is 5.32 Å². The quantitative estimate of drug-likeness (QED) is 0.322. The van der Waals surface area contributed by atoms with E-state index in [-0.39, 0.29) is 0 Å². The molecular weight excluding hydrogens is 404 g/mol. The molecule has 0 spiro atoms. The lowest BCUT2D eigenvalue weighted by atomic mass is 10.1. The van der Waals surface area contributed by atoms with E-state index in [4.69, 9.17) is 9.97 Å². The predicted molar refractivity (Wildman–Crippen MR) is 136 cm³/mol. The van der Waals surface area contributed by atoms with Crippen LogP contribution in [0, 0.1) is 6.92 Å². The number of nitrogens with one attached hydrogen (secondary N) is 1. The maximum absolute atomic E-state index is 5.19. The fourth-order valence-electron chi connectivity index (χ4n) is 4.24. The van der Waals surface area contributed by atoms with Crippen molar-refractivity contribution < 1.29 is 0 Å². The Morgan fingerprint density at radius 1 is 0.636 bits per heavy atom. The van der Waals surface area contributed by atoms with Crippen molar-refractivity contribution in [3.8, 4) is 22.5 Å². The van der Waals surface area contributed by atoms with Crippen LogP contribution in [-0.2, 0) is 0 Å². The molecule has 158 valence electrons. The first-order valence-electron chi connectivity index (χ1n) is 11.0. The first-order valence-corrected chi connectivity index (χ1v) is 11.0. The summed E-state index contributed by atoms with van der Waals surface area (Å²) < 4.78 is 2.15. The Bertz CT molecular complexity index is 1570. The Hall–Kier alpha value is -4.44. The third-order valence-corrected chi connectivity index (χ3v) is 5.86. The summed E-state index contributed by atoms with van der Waals surface area (Å²) in [4.78, 5) is 10.2. The van der Waals surface area contributed by atoms with Gasteiger partial charge in [-0.05, 0) is 31.2 Å². The number of hydrogen-bond acceptors (Lipinski definition) is 3. The van der Waals surface area contributed by atoms with E-state index in [9.17, 15) is 0 Å². The summed E-state index contributed by atoms with van der Waals surface area (Å²) in [5.74, 6) is 0.737. The molecule has 0 aliphatic carbocycles. The molecule has 0 saturated carbocycles. The summed E-state index contributed by atoms with van der Waals surface area (Å²) in [6.07, 6.45) is 0. The first-order chi connectivity index (χ1) is 16.3. The molecule has 0 unspecified atom stereocenters. The highest BCUT2D eigenvalue weighted by atomic mass is 15.2. The van der Waals surface area contributed by atoms with E-state index in [1.807, 2.05) is 30.3 Å². The molecule has 6 aromatic rings. The summed E-state index contributed by atoms with van der Waals surface area (Å²) in [5.41, 5.74) is 8.11. The maximum atomic E-state index is 5.19. The summed E-state index contributed by atoms with van der Waals surface area (Å²) >= 11 is 0. The molecule has 0 fully saturated rings. The molecule has 0 atom stereocenters. The summed E-state index contributed by atoms with van der Waals surface area (Å²) in [6, 6.07) is 37.3. The standard InChI is InChI=1S/C29H22N4/c1-20-16-18-23(19-17-20)30-29-31-25-15-9-8-14-24(25)28-32-26(21-10-4-2-5-11-21)27(33(28)29)22-12-6-3-7-13-22/h2-19H,1H3,(H,30,31). The van der Waals surface area contributed by atoms with Gasteiger partial charge in [0.05, 0.1) is 16.9 Å². The zero-order valence-electron chi connectivity index (χ0n) is 18.2. The Kier molecular flexibility index (Phi) is 4.62. The smallest absolute Gasteiger partial charge is 0.214 e. The van der Waals surface area contributed by atoms with Gasteiger partial charge in [-0.25, -0.2) is 9.97 Å². The van der Waals surface area contributed by atoms with Gasteiger partial charge in [0.15, 0.2) is 0 Å². The SMILES string of the molecule is Cc1ccc(Nc2nc3ccccc3c3nc(-c4ccccc4)c(-c4ccccc4)n23)cc1. The lowest BCUT2D eigenvalue weighted by Crippen LogP contribution is -2.04. The molecule has 2 aromatic heterocycles. The second kappa shape index (κ2) is 7.92. The molecule has 0 aliphatic rings. The predicted octanol–water partition coefficient (Wildman–Crippen LogP) is 7.27. The Morgan fingerprint density at radius 2 is 1.27 bits per heavy atom. The van der Waals surface area contributed by atoms with Crippen molar-refractivity contribution in [3.05, 3.63) is 115 Å². The fourth-order valence-corrected chi connectivity index (χ4v) is 4.24. The van der Waals surface area contributed by atoms with Crippen LogP contribution in [-0.4, -0.2) is 14.4 Å². The Labute approximate surface area is 192 Å². The molecular formula is C29H22N4. The molecule has 0 aliphatic heterocycles. The summed E-state index contributed by atoms with van der Waals surface area (Å²) in [5, 5.41) is 4.57. The van der Waals surface area contributed by atoms with Gasteiger partial charge in [-0.3, -0.25) is 4.40 Å². The molecule has 33 heavy (non-hydrogen) atoms. The number of anilines is 2. The third-order valence-electron chi connectivity index (χ3n) is 5.86. The van der Waals surface area contributed by atoms with Crippen molar-refractivity contribution in [1.82, 2.24) is 14.4 Å². The van der Waals surface area contributed by atoms with E-state index < -0.39 is 0 Å². The number of nitrogens with zero attached hydrogens (tertiary/aromatic N) is 3. The van der Waals surface area contributed by atoms with Gasteiger partial charge in [-0.1, -0.05) is 90.5 Å². The van der Waals surface area contributed by atoms with Crippen LogP contribution in [0.2, 0.25) is 0 Å². The Balaban J connectivity index is 1.72. The lowest BCUT2D eigenvalue weighted by Gasteiger charge is -2.13. The largest absolute Gasteiger partial charge is 0.325 e. The Morgan fingerprint density at radius 3 is 2.00 bits per heavy atom. The normalized spacial score (nSPS) is 11.2. The number of hydrogen-bond donors (Lipinski definition) is 1. The summed E-state index contributed by atoms with van der Waals surface area (Å²) in [7, 11) is 0. The van der Waals surface area contributed by atoms with E-state index in [0.717, 1.165) is 50.7 Å². The average molecular weight is 427 g/mol. The van der Waals surface area contributed by atoms with Crippen molar-refractivity contribution in [1.29, 1.82) is 0 Å². The number of fused-ring (bicyclic) bond motifs is 3. The van der Waals surface area contributed by atoms with Crippen LogP contribution in [0.15, 0.2) is 109 Å². The zero-order chi connectivity index (χ0) is 22.2. The molecule has 4 nitrogen and oxygen atoms in total. The number of aromatic nitrogens is 3. The number of imidazole rings is 1. The van der Waals surface area contributed by atoms with Crippen LogP contribution >= 0.6 is 0 Å². The van der Waals surface area contributed by atoms with Crippen LogP contribution in [0.4, 0.5) is 11.6 Å². The van der Waals surface area contributed by atoms with Crippen molar-refractivity contribution in [2.45, 2.75) is 6.92 Å². The van der Waals surface area contributed by atoms with E-state index in [1.54, 1.807) is 0 Å².